The number of rotatable bonds is 6. The second-order valence-electron chi connectivity index (χ2n) is 6.86. The number of H-pyrrole nitrogens is 1. The van der Waals surface area contributed by atoms with Gasteiger partial charge in [-0.1, -0.05) is 41.4 Å². The molecule has 29 heavy (non-hydrogen) atoms. The van der Waals surface area contributed by atoms with Crippen molar-refractivity contribution < 1.29 is 9.90 Å². The molecule has 2 N–H and O–H groups in total. The van der Waals surface area contributed by atoms with Crippen LogP contribution in [-0.4, -0.2) is 20.9 Å². The summed E-state index contributed by atoms with van der Waals surface area (Å²) in [5.41, 5.74) is 3.90. The first kappa shape index (κ1) is 19.5. The minimum absolute atomic E-state index is 0.0811. The molecule has 146 valence electrons. The van der Waals surface area contributed by atoms with Gasteiger partial charge >= 0.3 is 0 Å². The molecule has 0 aliphatic carbocycles. The first-order valence-electron chi connectivity index (χ1n) is 9.26. The van der Waals surface area contributed by atoms with Crippen molar-refractivity contribution in [3.8, 4) is 17.1 Å². The standard InChI is InChI=1S/C23H18Cl2N2O2/c24-17-4-2-5-18(25)22(17)23-26-19-12-9-15(13-20(19)27-23)21(29)6-1-3-14-7-10-16(28)11-8-14/h2,4-5,7-13,28H,1,3,6H2,(H,26,27). The molecule has 0 saturated carbocycles. The summed E-state index contributed by atoms with van der Waals surface area (Å²) >= 11 is 12.6. The van der Waals surface area contributed by atoms with Crippen molar-refractivity contribution in [2.75, 3.05) is 0 Å². The number of carbonyl (C=O) groups is 1. The van der Waals surface area contributed by atoms with Crippen molar-refractivity contribution in [3.05, 3.63) is 81.8 Å². The SMILES string of the molecule is O=C(CCCc1ccc(O)cc1)c1ccc2nc(-c3c(Cl)cccc3Cl)[nH]c2c1. The van der Waals surface area contributed by atoms with E-state index in [4.69, 9.17) is 23.2 Å². The summed E-state index contributed by atoms with van der Waals surface area (Å²) in [6.45, 7) is 0. The van der Waals surface area contributed by atoms with Crippen LogP contribution in [-0.2, 0) is 6.42 Å². The predicted molar refractivity (Wildman–Crippen MR) is 117 cm³/mol. The molecule has 0 aliphatic rings. The van der Waals surface area contributed by atoms with Crippen LogP contribution in [0.5, 0.6) is 5.75 Å². The van der Waals surface area contributed by atoms with E-state index < -0.39 is 0 Å². The summed E-state index contributed by atoms with van der Waals surface area (Å²) in [4.78, 5) is 20.4. The Labute approximate surface area is 178 Å². The van der Waals surface area contributed by atoms with E-state index in [0.717, 1.165) is 29.4 Å². The molecule has 0 fully saturated rings. The van der Waals surface area contributed by atoms with Crippen molar-refractivity contribution in [2.24, 2.45) is 0 Å². The summed E-state index contributed by atoms with van der Waals surface area (Å²) in [7, 11) is 0. The van der Waals surface area contributed by atoms with Crippen molar-refractivity contribution >= 4 is 40.0 Å². The zero-order chi connectivity index (χ0) is 20.4. The van der Waals surface area contributed by atoms with Gasteiger partial charge in [-0.2, -0.15) is 0 Å². The van der Waals surface area contributed by atoms with E-state index >= 15 is 0 Å². The van der Waals surface area contributed by atoms with Crippen LogP contribution in [0.3, 0.4) is 0 Å². The zero-order valence-electron chi connectivity index (χ0n) is 15.5. The summed E-state index contributed by atoms with van der Waals surface area (Å²) in [6, 6.07) is 17.8. The largest absolute Gasteiger partial charge is 0.508 e. The lowest BCUT2D eigenvalue weighted by molar-refractivity contribution is 0.0980. The fraction of sp³-hybridized carbons (Fsp3) is 0.130. The van der Waals surface area contributed by atoms with Crippen LogP contribution in [0.4, 0.5) is 0 Å². The first-order valence-corrected chi connectivity index (χ1v) is 10.0. The highest BCUT2D eigenvalue weighted by Crippen LogP contribution is 2.34. The molecule has 4 aromatic rings. The molecule has 1 heterocycles. The summed E-state index contributed by atoms with van der Waals surface area (Å²) in [5, 5.41) is 10.4. The van der Waals surface area contributed by atoms with E-state index in [1.54, 1.807) is 36.4 Å². The number of aromatic nitrogens is 2. The Morgan fingerprint density at radius 3 is 2.45 bits per heavy atom. The Morgan fingerprint density at radius 2 is 1.72 bits per heavy atom. The number of hydrogen-bond donors (Lipinski definition) is 2. The molecular formula is C23H18Cl2N2O2. The van der Waals surface area contributed by atoms with E-state index in [9.17, 15) is 9.90 Å². The van der Waals surface area contributed by atoms with Gasteiger partial charge in [-0.05, 0) is 60.9 Å². The number of halogens is 2. The van der Waals surface area contributed by atoms with E-state index in [1.807, 2.05) is 24.3 Å². The molecule has 0 bridgehead atoms. The Balaban J connectivity index is 1.49. The van der Waals surface area contributed by atoms with E-state index in [2.05, 4.69) is 9.97 Å². The molecule has 4 rings (SSSR count). The van der Waals surface area contributed by atoms with Gasteiger partial charge in [-0.3, -0.25) is 4.79 Å². The second kappa shape index (κ2) is 8.27. The van der Waals surface area contributed by atoms with Crippen LogP contribution >= 0.6 is 23.2 Å². The number of phenolic OH excluding ortho intramolecular Hbond substituents is 1. The quantitative estimate of drug-likeness (QED) is 0.349. The average Bonchev–Trinajstić information content (AvgIpc) is 3.12. The Bertz CT molecular complexity index is 1160. The van der Waals surface area contributed by atoms with Gasteiger partial charge in [0.2, 0.25) is 0 Å². The number of ketones is 1. The van der Waals surface area contributed by atoms with Gasteiger partial charge in [-0.15, -0.1) is 0 Å². The zero-order valence-corrected chi connectivity index (χ0v) is 17.0. The maximum atomic E-state index is 12.6. The number of imidazole rings is 1. The highest BCUT2D eigenvalue weighted by atomic mass is 35.5. The molecule has 0 saturated heterocycles. The highest BCUT2D eigenvalue weighted by molar-refractivity contribution is 6.39. The Hall–Kier alpha value is -2.82. The number of Topliss-reactive ketones (excluding diaryl/α,β-unsaturated/α-hetero) is 1. The Kier molecular flexibility index (Phi) is 5.56. The van der Waals surface area contributed by atoms with Crippen LogP contribution in [0.25, 0.3) is 22.4 Å². The molecule has 0 atom stereocenters. The van der Waals surface area contributed by atoms with Crippen molar-refractivity contribution in [3.63, 3.8) is 0 Å². The summed E-state index contributed by atoms with van der Waals surface area (Å²) in [5.74, 6) is 0.903. The van der Waals surface area contributed by atoms with Gasteiger partial charge in [0.05, 0.1) is 26.6 Å². The number of fused-ring (bicyclic) bond motifs is 1. The van der Waals surface area contributed by atoms with Crippen LogP contribution in [0.2, 0.25) is 10.0 Å². The van der Waals surface area contributed by atoms with Gasteiger partial charge < -0.3 is 10.1 Å². The third-order valence-corrected chi connectivity index (χ3v) is 5.44. The monoisotopic (exact) mass is 424 g/mol. The fourth-order valence-electron chi connectivity index (χ4n) is 3.29. The van der Waals surface area contributed by atoms with Crippen molar-refractivity contribution in [2.45, 2.75) is 19.3 Å². The molecule has 0 amide bonds. The van der Waals surface area contributed by atoms with Gasteiger partial charge in [0.15, 0.2) is 5.78 Å². The topological polar surface area (TPSA) is 66.0 Å². The molecule has 4 nitrogen and oxygen atoms in total. The molecule has 0 aliphatic heterocycles. The number of carbonyl (C=O) groups excluding carboxylic acids is 1. The van der Waals surface area contributed by atoms with Gasteiger partial charge in [0.1, 0.15) is 11.6 Å². The maximum absolute atomic E-state index is 12.6. The number of hydrogen-bond acceptors (Lipinski definition) is 3. The molecule has 0 unspecified atom stereocenters. The number of aromatic hydroxyl groups is 1. The minimum Gasteiger partial charge on any atom is -0.508 e. The van der Waals surface area contributed by atoms with Crippen LogP contribution in [0.1, 0.15) is 28.8 Å². The number of aromatic amines is 1. The van der Waals surface area contributed by atoms with Gasteiger partial charge in [0, 0.05) is 12.0 Å². The van der Waals surface area contributed by atoms with Crippen LogP contribution < -0.4 is 0 Å². The van der Waals surface area contributed by atoms with Crippen LogP contribution in [0, 0.1) is 0 Å². The fourth-order valence-corrected chi connectivity index (χ4v) is 3.86. The van der Waals surface area contributed by atoms with E-state index in [0.29, 0.717) is 33.4 Å². The second-order valence-corrected chi connectivity index (χ2v) is 7.67. The molecule has 3 aromatic carbocycles. The number of aryl methyl sites for hydroxylation is 1. The van der Waals surface area contributed by atoms with E-state index in [-0.39, 0.29) is 11.5 Å². The summed E-state index contributed by atoms with van der Waals surface area (Å²) in [6.07, 6.45) is 1.97. The third kappa shape index (κ3) is 4.29. The number of nitrogens with zero attached hydrogens (tertiary/aromatic N) is 1. The maximum Gasteiger partial charge on any atom is 0.162 e. The third-order valence-electron chi connectivity index (χ3n) is 4.81. The van der Waals surface area contributed by atoms with Crippen molar-refractivity contribution in [1.29, 1.82) is 0 Å². The van der Waals surface area contributed by atoms with Crippen LogP contribution in [0.15, 0.2) is 60.7 Å². The van der Waals surface area contributed by atoms with Gasteiger partial charge in [0.25, 0.3) is 0 Å². The number of nitrogens with one attached hydrogen (secondary N) is 1. The lowest BCUT2D eigenvalue weighted by Crippen LogP contribution is -2.00. The summed E-state index contributed by atoms with van der Waals surface area (Å²) < 4.78 is 0. The van der Waals surface area contributed by atoms with Crippen molar-refractivity contribution in [1.82, 2.24) is 9.97 Å². The lowest BCUT2D eigenvalue weighted by Gasteiger charge is -2.03. The predicted octanol–water partition coefficient (Wildman–Crippen LogP) is 6.45. The first-order chi connectivity index (χ1) is 14.0. The smallest absolute Gasteiger partial charge is 0.162 e. The lowest BCUT2D eigenvalue weighted by atomic mass is 10.0. The Morgan fingerprint density at radius 1 is 1.00 bits per heavy atom. The van der Waals surface area contributed by atoms with E-state index in [1.165, 1.54) is 0 Å². The number of benzene rings is 3. The molecule has 6 heteroatoms. The highest BCUT2D eigenvalue weighted by Gasteiger charge is 2.14. The van der Waals surface area contributed by atoms with Gasteiger partial charge in [-0.25, -0.2) is 4.98 Å². The average molecular weight is 425 g/mol. The molecular weight excluding hydrogens is 407 g/mol. The molecule has 0 radical (unpaired) electrons. The minimum atomic E-state index is 0.0811. The molecule has 0 spiro atoms. The number of phenols is 1. The molecule has 1 aromatic heterocycles. The normalized spacial score (nSPS) is 11.1.